The van der Waals surface area contributed by atoms with E-state index in [1.807, 2.05) is 20.0 Å². The summed E-state index contributed by atoms with van der Waals surface area (Å²) >= 11 is 0. The maximum atomic E-state index is 12.9. The lowest BCUT2D eigenvalue weighted by Gasteiger charge is -1.89. The lowest BCUT2D eigenvalue weighted by Crippen LogP contribution is -1.88. The number of aromatic nitrogens is 1. The Bertz CT molecular complexity index is 238. The molecule has 0 N–H and O–H groups in total. The number of aryl methyl sites for hydroxylation is 2. The minimum Gasteiger partial charge on any atom is -0.327 e. The third kappa shape index (κ3) is 0.939. The van der Waals surface area contributed by atoms with Gasteiger partial charge in [-0.3, -0.25) is 0 Å². The molecule has 10 heavy (non-hydrogen) atoms. The highest BCUT2D eigenvalue weighted by Gasteiger charge is 2.06. The normalized spacial score (nSPS) is 10.4. The molecule has 0 radical (unpaired) electrons. The summed E-state index contributed by atoms with van der Waals surface area (Å²) in [6.45, 7) is 3.84. The molecule has 0 fully saturated rings. The van der Waals surface area contributed by atoms with Crippen molar-refractivity contribution >= 4 is 0 Å². The van der Waals surface area contributed by atoms with Crippen molar-refractivity contribution in [2.24, 2.45) is 7.05 Å². The van der Waals surface area contributed by atoms with E-state index in [9.17, 15) is 4.39 Å². The molecular formula is C8H12FN. The first-order chi connectivity index (χ1) is 4.66. The number of hydrogen-bond donors (Lipinski definition) is 0. The lowest BCUT2D eigenvalue weighted by molar-refractivity contribution is 0.528. The van der Waals surface area contributed by atoms with Crippen LogP contribution in [-0.2, 0) is 13.5 Å². The molecule has 56 valence electrons. The first-order valence-corrected chi connectivity index (χ1v) is 3.47. The summed E-state index contributed by atoms with van der Waals surface area (Å²) in [7, 11) is 1.72. The standard InChI is InChI=1S/C8H12FN/c1-4-7-5-10(3)8(9)6(7)2/h5H,4H2,1-3H3. The highest BCUT2D eigenvalue weighted by atomic mass is 19.1. The Morgan fingerprint density at radius 2 is 2.20 bits per heavy atom. The van der Waals surface area contributed by atoms with E-state index in [0.717, 1.165) is 17.5 Å². The van der Waals surface area contributed by atoms with Gasteiger partial charge in [0.05, 0.1) is 0 Å². The van der Waals surface area contributed by atoms with Crippen molar-refractivity contribution in [3.63, 3.8) is 0 Å². The SMILES string of the molecule is CCc1cn(C)c(F)c1C. The molecule has 0 amide bonds. The largest absolute Gasteiger partial charge is 0.327 e. The van der Waals surface area contributed by atoms with Crippen LogP contribution in [0.2, 0.25) is 0 Å². The van der Waals surface area contributed by atoms with Crippen molar-refractivity contribution in [3.8, 4) is 0 Å². The molecule has 1 nitrogen and oxygen atoms in total. The van der Waals surface area contributed by atoms with Crippen LogP contribution in [0.5, 0.6) is 0 Å². The molecule has 0 aliphatic carbocycles. The fourth-order valence-corrected chi connectivity index (χ4v) is 1.14. The average molecular weight is 141 g/mol. The van der Waals surface area contributed by atoms with Gasteiger partial charge in [0.2, 0.25) is 0 Å². The zero-order valence-electron chi connectivity index (χ0n) is 6.61. The molecule has 1 aromatic rings. The molecule has 0 aromatic carbocycles. The molecular weight excluding hydrogens is 129 g/mol. The molecule has 0 unspecified atom stereocenters. The minimum atomic E-state index is -0.114. The van der Waals surface area contributed by atoms with Gasteiger partial charge in [-0.1, -0.05) is 6.92 Å². The number of nitrogens with zero attached hydrogens (tertiary/aromatic N) is 1. The van der Waals surface area contributed by atoms with E-state index in [-0.39, 0.29) is 5.95 Å². The van der Waals surface area contributed by atoms with Gasteiger partial charge >= 0.3 is 0 Å². The van der Waals surface area contributed by atoms with E-state index in [4.69, 9.17) is 0 Å². The Kier molecular flexibility index (Phi) is 1.79. The molecule has 1 rings (SSSR count). The maximum Gasteiger partial charge on any atom is 0.196 e. The second kappa shape index (κ2) is 2.45. The van der Waals surface area contributed by atoms with Gasteiger partial charge in [0, 0.05) is 18.8 Å². The van der Waals surface area contributed by atoms with Crippen LogP contribution in [0.1, 0.15) is 18.1 Å². The molecule has 2 heteroatoms. The lowest BCUT2D eigenvalue weighted by atomic mass is 10.2. The van der Waals surface area contributed by atoms with Crippen molar-refractivity contribution in [1.29, 1.82) is 0 Å². The molecule has 0 aliphatic rings. The quantitative estimate of drug-likeness (QED) is 0.564. The summed E-state index contributed by atoms with van der Waals surface area (Å²) in [5.74, 6) is -0.114. The fraction of sp³-hybridized carbons (Fsp3) is 0.500. The second-order valence-electron chi connectivity index (χ2n) is 2.53. The summed E-state index contributed by atoms with van der Waals surface area (Å²) < 4.78 is 14.4. The molecule has 1 heterocycles. The molecule has 0 atom stereocenters. The Hall–Kier alpha value is -0.790. The molecule has 0 spiro atoms. The van der Waals surface area contributed by atoms with E-state index >= 15 is 0 Å². The number of halogens is 1. The smallest absolute Gasteiger partial charge is 0.196 e. The van der Waals surface area contributed by atoms with Gasteiger partial charge in [-0.15, -0.1) is 0 Å². The van der Waals surface area contributed by atoms with Crippen LogP contribution in [0.15, 0.2) is 6.20 Å². The first kappa shape index (κ1) is 7.32. The Morgan fingerprint density at radius 1 is 1.60 bits per heavy atom. The monoisotopic (exact) mass is 141 g/mol. The predicted octanol–water partition coefficient (Wildman–Crippen LogP) is 2.04. The van der Waals surface area contributed by atoms with Crippen molar-refractivity contribution in [2.45, 2.75) is 20.3 Å². The van der Waals surface area contributed by atoms with E-state index in [1.54, 1.807) is 7.05 Å². The van der Waals surface area contributed by atoms with E-state index in [2.05, 4.69) is 0 Å². The van der Waals surface area contributed by atoms with Gasteiger partial charge < -0.3 is 4.57 Å². The molecule has 0 saturated carbocycles. The molecule has 1 aromatic heterocycles. The second-order valence-corrected chi connectivity index (χ2v) is 2.53. The van der Waals surface area contributed by atoms with Gasteiger partial charge in [0.1, 0.15) is 0 Å². The van der Waals surface area contributed by atoms with E-state index in [0.29, 0.717) is 0 Å². The van der Waals surface area contributed by atoms with Crippen LogP contribution < -0.4 is 0 Å². The van der Waals surface area contributed by atoms with Crippen LogP contribution in [0.3, 0.4) is 0 Å². The van der Waals surface area contributed by atoms with Crippen LogP contribution in [-0.4, -0.2) is 4.57 Å². The van der Waals surface area contributed by atoms with Crippen molar-refractivity contribution in [3.05, 3.63) is 23.3 Å². The topological polar surface area (TPSA) is 4.93 Å². The number of hydrogen-bond acceptors (Lipinski definition) is 0. The Balaban J connectivity index is 3.17. The molecule has 0 saturated heterocycles. The van der Waals surface area contributed by atoms with Crippen LogP contribution >= 0.6 is 0 Å². The van der Waals surface area contributed by atoms with Gasteiger partial charge in [-0.05, 0) is 18.9 Å². The third-order valence-electron chi connectivity index (χ3n) is 1.83. The van der Waals surface area contributed by atoms with Crippen LogP contribution in [0, 0.1) is 12.9 Å². The summed E-state index contributed by atoms with van der Waals surface area (Å²) in [5.41, 5.74) is 1.88. The average Bonchev–Trinajstić information content (AvgIpc) is 2.17. The van der Waals surface area contributed by atoms with Gasteiger partial charge in [0.15, 0.2) is 5.95 Å². The minimum absolute atomic E-state index is 0.114. The zero-order valence-corrected chi connectivity index (χ0v) is 6.61. The number of rotatable bonds is 1. The van der Waals surface area contributed by atoms with Gasteiger partial charge in [0.25, 0.3) is 0 Å². The fourth-order valence-electron chi connectivity index (χ4n) is 1.14. The zero-order chi connectivity index (χ0) is 7.72. The first-order valence-electron chi connectivity index (χ1n) is 3.47. The van der Waals surface area contributed by atoms with E-state index in [1.165, 1.54) is 4.57 Å². The van der Waals surface area contributed by atoms with Gasteiger partial charge in [-0.25, -0.2) is 0 Å². The van der Waals surface area contributed by atoms with Gasteiger partial charge in [-0.2, -0.15) is 4.39 Å². The Labute approximate surface area is 60.5 Å². The van der Waals surface area contributed by atoms with E-state index < -0.39 is 0 Å². The van der Waals surface area contributed by atoms with Crippen molar-refractivity contribution in [2.75, 3.05) is 0 Å². The highest BCUT2D eigenvalue weighted by molar-refractivity contribution is 5.23. The summed E-state index contributed by atoms with van der Waals surface area (Å²) in [4.78, 5) is 0. The summed E-state index contributed by atoms with van der Waals surface area (Å²) in [6, 6.07) is 0. The van der Waals surface area contributed by atoms with Crippen molar-refractivity contribution in [1.82, 2.24) is 4.57 Å². The molecule has 0 bridgehead atoms. The summed E-state index contributed by atoms with van der Waals surface area (Å²) in [5, 5.41) is 0. The third-order valence-corrected chi connectivity index (χ3v) is 1.83. The van der Waals surface area contributed by atoms with Crippen molar-refractivity contribution < 1.29 is 4.39 Å². The highest BCUT2D eigenvalue weighted by Crippen LogP contribution is 2.13. The summed E-state index contributed by atoms with van der Waals surface area (Å²) in [6.07, 6.45) is 2.74. The predicted molar refractivity (Wildman–Crippen MR) is 39.5 cm³/mol. The van der Waals surface area contributed by atoms with Crippen LogP contribution in [0.25, 0.3) is 0 Å². The molecule has 0 aliphatic heterocycles. The van der Waals surface area contributed by atoms with Crippen LogP contribution in [0.4, 0.5) is 4.39 Å². The Morgan fingerprint density at radius 3 is 2.40 bits per heavy atom. The maximum absolute atomic E-state index is 12.9.